The van der Waals surface area contributed by atoms with Crippen LogP contribution in [-0.4, -0.2) is 14.4 Å². The summed E-state index contributed by atoms with van der Waals surface area (Å²) < 4.78 is 27.7. The van der Waals surface area contributed by atoms with Gasteiger partial charge < -0.3 is 9.90 Å². The molecule has 0 fully saturated rings. The lowest BCUT2D eigenvalue weighted by Crippen LogP contribution is -2.34. The predicted octanol–water partition coefficient (Wildman–Crippen LogP) is 2.12. The van der Waals surface area contributed by atoms with Crippen LogP contribution in [0, 0.1) is 13.8 Å². The second kappa shape index (κ2) is 7.34. The minimum Gasteiger partial charge on any atom is -0.550 e. The highest BCUT2D eigenvalue weighted by atomic mass is 35.5. The van der Waals surface area contributed by atoms with Crippen LogP contribution in [0.5, 0.6) is 0 Å². The first kappa shape index (κ1) is 18.4. The van der Waals surface area contributed by atoms with E-state index in [1.807, 2.05) is 6.92 Å². The number of carboxylic acids is 1. The lowest BCUT2D eigenvalue weighted by Gasteiger charge is -2.20. The van der Waals surface area contributed by atoms with Gasteiger partial charge in [0.2, 0.25) is 10.0 Å². The number of benzene rings is 2. The second-order valence-corrected chi connectivity index (χ2v) is 7.69. The molecule has 24 heavy (non-hydrogen) atoms. The summed E-state index contributed by atoms with van der Waals surface area (Å²) in [7, 11) is -3.88. The Morgan fingerprint density at radius 1 is 1.17 bits per heavy atom. The summed E-state index contributed by atoms with van der Waals surface area (Å²) in [6.45, 7) is 3.56. The fourth-order valence-electron chi connectivity index (χ4n) is 2.44. The molecule has 0 amide bonds. The molecule has 2 rings (SSSR count). The molecule has 0 radical (unpaired) electrons. The van der Waals surface area contributed by atoms with Gasteiger partial charge in [-0.05, 0) is 43.2 Å². The number of sulfonamides is 1. The summed E-state index contributed by atoms with van der Waals surface area (Å²) in [6, 6.07) is 10.3. The number of carbonyl (C=O) groups excluding carboxylic acids is 1. The van der Waals surface area contributed by atoms with Crippen molar-refractivity contribution in [1.29, 1.82) is 0 Å². The van der Waals surface area contributed by atoms with E-state index in [2.05, 4.69) is 4.72 Å². The Morgan fingerprint density at radius 3 is 2.33 bits per heavy atom. The normalized spacial score (nSPS) is 12.8. The van der Waals surface area contributed by atoms with Crippen LogP contribution in [0.1, 0.15) is 29.2 Å². The van der Waals surface area contributed by atoms with Gasteiger partial charge in [0.25, 0.3) is 0 Å². The third-order valence-electron chi connectivity index (χ3n) is 3.56. The number of carboxylic acid groups (broad SMARTS) is 1. The van der Waals surface area contributed by atoms with E-state index in [-0.39, 0.29) is 4.90 Å². The van der Waals surface area contributed by atoms with Crippen LogP contribution in [0.25, 0.3) is 0 Å². The average Bonchev–Trinajstić information content (AvgIpc) is 2.46. The van der Waals surface area contributed by atoms with Gasteiger partial charge in [-0.2, -0.15) is 0 Å². The van der Waals surface area contributed by atoms with Gasteiger partial charge in [-0.15, -0.1) is 0 Å². The van der Waals surface area contributed by atoms with Crippen molar-refractivity contribution in [2.75, 3.05) is 0 Å². The van der Waals surface area contributed by atoms with Gasteiger partial charge in [0, 0.05) is 17.4 Å². The van der Waals surface area contributed by atoms with Gasteiger partial charge in [-0.25, -0.2) is 13.1 Å². The largest absolute Gasteiger partial charge is 0.550 e. The quantitative estimate of drug-likeness (QED) is 0.848. The highest BCUT2D eigenvalue weighted by Gasteiger charge is 2.23. The van der Waals surface area contributed by atoms with E-state index >= 15 is 0 Å². The summed E-state index contributed by atoms with van der Waals surface area (Å²) >= 11 is 5.82. The van der Waals surface area contributed by atoms with Crippen molar-refractivity contribution >= 4 is 27.6 Å². The number of aliphatic carboxylic acids is 1. The summed E-state index contributed by atoms with van der Waals surface area (Å²) in [5, 5.41) is 11.5. The van der Waals surface area contributed by atoms with Crippen LogP contribution < -0.4 is 9.83 Å². The average molecular weight is 367 g/mol. The predicted molar refractivity (Wildman–Crippen MR) is 90.1 cm³/mol. The maximum absolute atomic E-state index is 12.6. The molecular weight excluding hydrogens is 350 g/mol. The molecule has 0 aromatic heterocycles. The van der Waals surface area contributed by atoms with E-state index in [9.17, 15) is 18.3 Å². The summed E-state index contributed by atoms with van der Waals surface area (Å²) in [6.07, 6.45) is -0.480. The molecule has 0 saturated carbocycles. The topological polar surface area (TPSA) is 86.3 Å². The fraction of sp³-hybridized carbons (Fsp3) is 0.235. The van der Waals surface area contributed by atoms with Gasteiger partial charge in [0.15, 0.2) is 0 Å². The molecule has 0 unspecified atom stereocenters. The lowest BCUT2D eigenvalue weighted by molar-refractivity contribution is -0.306. The molecule has 1 atom stereocenters. The first-order chi connectivity index (χ1) is 11.2. The number of rotatable bonds is 6. The molecule has 0 spiro atoms. The van der Waals surface area contributed by atoms with Crippen molar-refractivity contribution in [2.45, 2.75) is 31.2 Å². The van der Waals surface area contributed by atoms with Crippen molar-refractivity contribution < 1.29 is 18.3 Å². The van der Waals surface area contributed by atoms with Gasteiger partial charge in [0.05, 0.1) is 10.9 Å². The maximum Gasteiger partial charge on any atom is 0.241 e. The molecular formula is C17H17ClNO4S-. The van der Waals surface area contributed by atoms with E-state index in [1.54, 1.807) is 43.3 Å². The SMILES string of the molecule is Cc1ccc(S(=O)(=O)N[C@H](CC(=O)[O-])c2ccc(Cl)cc2)c(C)c1. The van der Waals surface area contributed by atoms with E-state index in [4.69, 9.17) is 11.6 Å². The first-order valence-electron chi connectivity index (χ1n) is 7.24. The zero-order valence-corrected chi connectivity index (χ0v) is 14.8. The van der Waals surface area contributed by atoms with Gasteiger partial charge >= 0.3 is 0 Å². The number of carbonyl (C=O) groups is 1. The highest BCUT2D eigenvalue weighted by Crippen LogP contribution is 2.23. The minimum absolute atomic E-state index is 0.116. The van der Waals surface area contributed by atoms with Gasteiger partial charge in [-0.3, -0.25) is 0 Å². The number of aryl methyl sites for hydroxylation is 2. The zero-order valence-electron chi connectivity index (χ0n) is 13.2. The number of hydrogen-bond acceptors (Lipinski definition) is 4. The number of halogens is 1. The molecule has 0 heterocycles. The van der Waals surface area contributed by atoms with Crippen molar-refractivity contribution in [1.82, 2.24) is 4.72 Å². The Morgan fingerprint density at radius 2 is 1.79 bits per heavy atom. The van der Waals surface area contributed by atoms with E-state index < -0.39 is 28.5 Å². The van der Waals surface area contributed by atoms with Crippen molar-refractivity contribution in [2.24, 2.45) is 0 Å². The molecule has 0 aliphatic carbocycles. The standard InChI is InChI=1S/C17H18ClNO4S/c1-11-3-8-16(12(2)9-11)24(22,23)19-15(10-17(20)21)13-4-6-14(18)7-5-13/h3-9,15,19H,10H2,1-2H3,(H,20,21)/p-1/t15-/m1/s1. The van der Waals surface area contributed by atoms with Crippen LogP contribution in [0.15, 0.2) is 47.4 Å². The number of hydrogen-bond donors (Lipinski definition) is 1. The molecule has 5 nitrogen and oxygen atoms in total. The minimum atomic E-state index is -3.88. The van der Waals surface area contributed by atoms with Crippen LogP contribution in [0.4, 0.5) is 0 Å². The lowest BCUT2D eigenvalue weighted by atomic mass is 10.1. The summed E-state index contributed by atoms with van der Waals surface area (Å²) in [4.78, 5) is 11.1. The van der Waals surface area contributed by atoms with Crippen LogP contribution >= 0.6 is 11.6 Å². The van der Waals surface area contributed by atoms with Crippen LogP contribution in [0.3, 0.4) is 0 Å². The fourth-order valence-corrected chi connectivity index (χ4v) is 4.02. The van der Waals surface area contributed by atoms with Gasteiger partial charge in [0.1, 0.15) is 0 Å². The van der Waals surface area contributed by atoms with Crippen molar-refractivity contribution in [3.8, 4) is 0 Å². The molecule has 128 valence electrons. The molecule has 1 N–H and O–H groups in total. The third kappa shape index (κ3) is 4.56. The first-order valence-corrected chi connectivity index (χ1v) is 9.10. The van der Waals surface area contributed by atoms with Gasteiger partial charge in [-0.1, -0.05) is 41.4 Å². The molecule has 0 saturated heterocycles. The van der Waals surface area contributed by atoms with Crippen molar-refractivity contribution in [3.05, 3.63) is 64.2 Å². The number of nitrogens with one attached hydrogen (secondary N) is 1. The molecule has 0 bridgehead atoms. The van der Waals surface area contributed by atoms with Crippen molar-refractivity contribution in [3.63, 3.8) is 0 Å². The second-order valence-electron chi connectivity index (χ2n) is 5.57. The van der Waals surface area contributed by atoms with Crippen LogP contribution in [-0.2, 0) is 14.8 Å². The molecule has 2 aromatic carbocycles. The van der Waals surface area contributed by atoms with Crippen LogP contribution in [0.2, 0.25) is 5.02 Å². The summed E-state index contributed by atoms with van der Waals surface area (Å²) in [5.74, 6) is -1.35. The Bertz CT molecular complexity index is 847. The Hall–Kier alpha value is -1.89. The monoisotopic (exact) mass is 366 g/mol. The van der Waals surface area contributed by atoms with E-state index in [0.29, 0.717) is 16.1 Å². The zero-order chi connectivity index (χ0) is 17.9. The molecule has 0 aliphatic rings. The van der Waals surface area contributed by atoms with E-state index in [1.165, 1.54) is 6.07 Å². The molecule has 0 aliphatic heterocycles. The molecule has 7 heteroatoms. The third-order valence-corrected chi connectivity index (χ3v) is 5.44. The molecule has 2 aromatic rings. The van der Waals surface area contributed by atoms with E-state index in [0.717, 1.165) is 5.56 Å². The Balaban J connectivity index is 2.37. The highest BCUT2D eigenvalue weighted by molar-refractivity contribution is 7.89. The summed E-state index contributed by atoms with van der Waals surface area (Å²) in [5.41, 5.74) is 2.03. The Kier molecular flexibility index (Phi) is 5.64. The maximum atomic E-state index is 12.6. The Labute approximate surface area is 146 Å². The smallest absolute Gasteiger partial charge is 0.241 e.